The molecule has 0 aromatic heterocycles. The SMILES string of the molecule is CCNC(=NCC1(C2CC2)CC1)NC1CCN(c2ccccc2OC)C1.I. The van der Waals surface area contributed by atoms with E-state index in [9.17, 15) is 0 Å². The number of anilines is 1. The van der Waals surface area contributed by atoms with Crippen LogP contribution in [0.4, 0.5) is 5.69 Å². The van der Waals surface area contributed by atoms with E-state index in [1.54, 1.807) is 7.11 Å². The molecular weight excluding hydrogens is 451 g/mol. The molecule has 1 aromatic rings. The summed E-state index contributed by atoms with van der Waals surface area (Å²) in [5.74, 6) is 2.90. The van der Waals surface area contributed by atoms with Crippen LogP contribution < -0.4 is 20.3 Å². The normalized spacial score (nSPS) is 23.6. The van der Waals surface area contributed by atoms with Crippen molar-refractivity contribution in [2.75, 3.05) is 38.2 Å². The highest BCUT2D eigenvalue weighted by molar-refractivity contribution is 14.0. The number of aliphatic imine (C=N–C) groups is 1. The maximum absolute atomic E-state index is 5.53. The highest BCUT2D eigenvalue weighted by Crippen LogP contribution is 2.61. The van der Waals surface area contributed by atoms with Crippen molar-refractivity contribution in [2.45, 2.75) is 45.1 Å². The van der Waals surface area contributed by atoms with Crippen molar-refractivity contribution in [3.8, 4) is 5.75 Å². The largest absolute Gasteiger partial charge is 0.495 e. The highest BCUT2D eigenvalue weighted by Gasteiger charge is 2.53. The molecule has 27 heavy (non-hydrogen) atoms. The van der Waals surface area contributed by atoms with E-state index in [0.717, 1.165) is 50.2 Å². The molecule has 1 heterocycles. The van der Waals surface area contributed by atoms with Crippen LogP contribution in [0.3, 0.4) is 0 Å². The lowest BCUT2D eigenvalue weighted by molar-refractivity contribution is 0.415. The van der Waals surface area contributed by atoms with Crippen LogP contribution in [-0.2, 0) is 0 Å². The summed E-state index contributed by atoms with van der Waals surface area (Å²) in [4.78, 5) is 7.36. The Labute approximate surface area is 180 Å². The fourth-order valence-electron chi connectivity index (χ4n) is 4.29. The summed E-state index contributed by atoms with van der Waals surface area (Å²) in [6.07, 6.45) is 6.74. The number of nitrogens with one attached hydrogen (secondary N) is 2. The number of ether oxygens (including phenoxy) is 1. The smallest absolute Gasteiger partial charge is 0.191 e. The van der Waals surface area contributed by atoms with Gasteiger partial charge in [-0.25, -0.2) is 0 Å². The number of halogens is 1. The van der Waals surface area contributed by atoms with Gasteiger partial charge in [0.25, 0.3) is 0 Å². The summed E-state index contributed by atoms with van der Waals surface area (Å²) in [6, 6.07) is 8.71. The molecule has 3 aliphatic rings. The predicted molar refractivity (Wildman–Crippen MR) is 123 cm³/mol. The predicted octanol–water partition coefficient (Wildman–Crippen LogP) is 3.64. The molecule has 0 amide bonds. The molecule has 6 heteroatoms. The molecule has 1 aliphatic heterocycles. The zero-order valence-corrected chi connectivity index (χ0v) is 18.9. The summed E-state index contributed by atoms with van der Waals surface area (Å²) in [6.45, 7) is 6.07. The van der Waals surface area contributed by atoms with Crippen LogP contribution in [-0.4, -0.2) is 45.3 Å². The van der Waals surface area contributed by atoms with Crippen molar-refractivity contribution >= 4 is 35.6 Å². The summed E-state index contributed by atoms with van der Waals surface area (Å²) >= 11 is 0. The fraction of sp³-hybridized carbons (Fsp3) is 0.667. The van der Waals surface area contributed by atoms with Crippen molar-refractivity contribution in [1.82, 2.24) is 10.6 Å². The van der Waals surface area contributed by atoms with Gasteiger partial charge in [0.1, 0.15) is 5.75 Å². The van der Waals surface area contributed by atoms with Gasteiger partial charge in [0.05, 0.1) is 12.8 Å². The second kappa shape index (κ2) is 8.88. The first-order chi connectivity index (χ1) is 12.7. The molecule has 1 aromatic carbocycles. The van der Waals surface area contributed by atoms with E-state index in [-0.39, 0.29) is 24.0 Å². The van der Waals surface area contributed by atoms with Gasteiger partial charge < -0.3 is 20.3 Å². The lowest BCUT2D eigenvalue weighted by Crippen LogP contribution is -2.45. The van der Waals surface area contributed by atoms with Gasteiger partial charge in [-0.2, -0.15) is 0 Å². The number of hydrogen-bond donors (Lipinski definition) is 2. The molecule has 1 unspecified atom stereocenters. The van der Waals surface area contributed by atoms with Gasteiger partial charge in [-0.3, -0.25) is 4.99 Å². The molecule has 4 rings (SSSR count). The lowest BCUT2D eigenvalue weighted by Gasteiger charge is -2.22. The quantitative estimate of drug-likeness (QED) is 0.353. The first kappa shape index (κ1) is 20.6. The molecule has 5 nitrogen and oxygen atoms in total. The summed E-state index contributed by atoms with van der Waals surface area (Å²) in [7, 11) is 1.74. The zero-order valence-electron chi connectivity index (χ0n) is 16.5. The highest BCUT2D eigenvalue weighted by atomic mass is 127. The number of rotatable bonds is 7. The van der Waals surface area contributed by atoms with Crippen molar-refractivity contribution < 1.29 is 4.74 Å². The van der Waals surface area contributed by atoms with Gasteiger partial charge in [0, 0.05) is 32.2 Å². The molecule has 0 spiro atoms. The van der Waals surface area contributed by atoms with Gasteiger partial charge in [0.2, 0.25) is 0 Å². The topological polar surface area (TPSA) is 48.9 Å². The molecule has 150 valence electrons. The summed E-state index contributed by atoms with van der Waals surface area (Å²) < 4.78 is 5.53. The van der Waals surface area contributed by atoms with E-state index >= 15 is 0 Å². The van der Waals surface area contributed by atoms with Gasteiger partial charge in [-0.15, -0.1) is 24.0 Å². The van der Waals surface area contributed by atoms with Crippen molar-refractivity contribution in [1.29, 1.82) is 0 Å². The average Bonchev–Trinajstić information content (AvgIpc) is 3.58. The molecule has 0 bridgehead atoms. The van der Waals surface area contributed by atoms with Crippen molar-refractivity contribution in [3.05, 3.63) is 24.3 Å². The van der Waals surface area contributed by atoms with Crippen molar-refractivity contribution in [2.24, 2.45) is 16.3 Å². The molecule has 1 saturated heterocycles. The molecule has 2 N–H and O–H groups in total. The number of nitrogens with zero attached hydrogens (tertiary/aromatic N) is 2. The number of hydrogen-bond acceptors (Lipinski definition) is 3. The van der Waals surface area contributed by atoms with E-state index in [1.807, 2.05) is 12.1 Å². The minimum atomic E-state index is 0. The Bertz CT molecular complexity index is 657. The van der Waals surface area contributed by atoms with E-state index in [4.69, 9.17) is 9.73 Å². The van der Waals surface area contributed by atoms with E-state index in [1.165, 1.54) is 31.4 Å². The number of methoxy groups -OCH3 is 1. The Hall–Kier alpha value is -1.18. The Kier molecular flexibility index (Phi) is 6.76. The molecule has 0 radical (unpaired) electrons. The Morgan fingerprint density at radius 3 is 2.70 bits per heavy atom. The Morgan fingerprint density at radius 1 is 1.26 bits per heavy atom. The van der Waals surface area contributed by atoms with Gasteiger partial charge in [0.15, 0.2) is 5.96 Å². The van der Waals surface area contributed by atoms with E-state index in [0.29, 0.717) is 11.5 Å². The lowest BCUT2D eigenvalue weighted by atomic mass is 10.0. The van der Waals surface area contributed by atoms with Crippen LogP contribution in [0.1, 0.15) is 39.0 Å². The van der Waals surface area contributed by atoms with Crippen LogP contribution >= 0.6 is 24.0 Å². The first-order valence-electron chi connectivity index (χ1n) is 10.2. The van der Waals surface area contributed by atoms with E-state index in [2.05, 4.69) is 34.6 Å². The van der Waals surface area contributed by atoms with Gasteiger partial charge in [-0.05, 0) is 62.5 Å². The molecule has 2 aliphatic carbocycles. The molecule has 2 saturated carbocycles. The van der Waals surface area contributed by atoms with E-state index < -0.39 is 0 Å². The maximum atomic E-state index is 5.53. The molecule has 3 fully saturated rings. The van der Waals surface area contributed by atoms with Crippen LogP contribution in [0, 0.1) is 11.3 Å². The molecular formula is C21H33IN4O. The van der Waals surface area contributed by atoms with Crippen LogP contribution in [0.2, 0.25) is 0 Å². The monoisotopic (exact) mass is 484 g/mol. The number of guanidine groups is 1. The third kappa shape index (κ3) is 4.81. The van der Waals surface area contributed by atoms with Crippen molar-refractivity contribution in [3.63, 3.8) is 0 Å². The third-order valence-corrected chi connectivity index (χ3v) is 6.19. The average molecular weight is 484 g/mol. The maximum Gasteiger partial charge on any atom is 0.191 e. The Balaban J connectivity index is 0.00000210. The number of benzene rings is 1. The molecule has 1 atom stereocenters. The second-order valence-corrected chi connectivity index (χ2v) is 8.08. The van der Waals surface area contributed by atoms with Crippen LogP contribution in [0.5, 0.6) is 5.75 Å². The second-order valence-electron chi connectivity index (χ2n) is 8.08. The van der Waals surface area contributed by atoms with Gasteiger partial charge in [-0.1, -0.05) is 12.1 Å². The van der Waals surface area contributed by atoms with Crippen LogP contribution in [0.25, 0.3) is 0 Å². The fourth-order valence-corrected chi connectivity index (χ4v) is 4.29. The summed E-state index contributed by atoms with van der Waals surface area (Å²) in [5, 5.41) is 7.11. The standard InChI is InChI=1S/C21H32N4O.HI/c1-3-22-20(23-15-21(11-12-21)16-8-9-16)24-17-10-13-25(14-17)18-6-4-5-7-19(18)26-2;/h4-7,16-17H,3,8-15H2,1-2H3,(H2,22,23,24);1H. The first-order valence-corrected chi connectivity index (χ1v) is 10.2. The number of para-hydroxylation sites is 2. The third-order valence-electron chi connectivity index (χ3n) is 6.19. The summed E-state index contributed by atoms with van der Waals surface area (Å²) in [5.41, 5.74) is 1.74. The van der Waals surface area contributed by atoms with Crippen LogP contribution in [0.15, 0.2) is 29.3 Å². The van der Waals surface area contributed by atoms with Gasteiger partial charge >= 0.3 is 0 Å². The zero-order chi connectivity index (χ0) is 18.0. The Morgan fingerprint density at radius 2 is 2.04 bits per heavy atom. The minimum absolute atomic E-state index is 0. The minimum Gasteiger partial charge on any atom is -0.495 e.